The number of anilines is 1. The van der Waals surface area contributed by atoms with Gasteiger partial charge in [0.2, 0.25) is 0 Å². The Labute approximate surface area is 241 Å². The lowest BCUT2D eigenvalue weighted by molar-refractivity contribution is -0.282. The number of nitrogens with zero attached hydrogens (tertiary/aromatic N) is 1. The van der Waals surface area contributed by atoms with E-state index < -0.39 is 53.6 Å². The normalized spacial score (nSPS) is 22.8. The van der Waals surface area contributed by atoms with E-state index in [9.17, 15) is 19.5 Å². The van der Waals surface area contributed by atoms with Crippen molar-refractivity contribution in [3.63, 3.8) is 0 Å². The van der Waals surface area contributed by atoms with E-state index in [4.69, 9.17) is 34.8 Å². The van der Waals surface area contributed by atoms with Crippen LogP contribution in [0.25, 0.3) is 0 Å². The summed E-state index contributed by atoms with van der Waals surface area (Å²) in [5.41, 5.74) is -0.804. The van der Waals surface area contributed by atoms with Crippen LogP contribution in [0.3, 0.4) is 0 Å². The Hall–Kier alpha value is -3.17. The average Bonchev–Trinajstić information content (AvgIpc) is 3.58. The minimum absolute atomic E-state index is 0.0166. The highest BCUT2D eigenvalue weighted by Crippen LogP contribution is 2.33. The molecule has 0 radical (unpaired) electrons. The molecule has 3 unspecified atom stereocenters. The Morgan fingerprint density at radius 3 is 2.29 bits per heavy atom. The van der Waals surface area contributed by atoms with Gasteiger partial charge in [0.15, 0.2) is 12.1 Å². The van der Waals surface area contributed by atoms with Crippen molar-refractivity contribution in [1.82, 2.24) is 0 Å². The Morgan fingerprint density at radius 2 is 1.76 bits per heavy atom. The molecular formula is C30H41NO10. The van der Waals surface area contributed by atoms with E-state index in [-0.39, 0.29) is 26.2 Å². The molecule has 2 aliphatic rings. The SMILES string of the molecule is C#CC1C[C@@H](OC(C)(C)OC)OC1COC(Cc1ccc(N2CCCC2C(=O)O)cc1)(C(=O)OCC)C(=O)OCC. The first-order valence-electron chi connectivity index (χ1n) is 13.9. The summed E-state index contributed by atoms with van der Waals surface area (Å²) in [6, 6.07) is 6.41. The number of ether oxygens (including phenoxy) is 6. The predicted molar refractivity (Wildman–Crippen MR) is 148 cm³/mol. The second-order valence-corrected chi connectivity index (χ2v) is 10.4. The van der Waals surface area contributed by atoms with Crippen molar-refractivity contribution in [1.29, 1.82) is 0 Å². The van der Waals surface area contributed by atoms with E-state index in [0.717, 1.165) is 12.1 Å². The zero-order valence-electron chi connectivity index (χ0n) is 24.4. The monoisotopic (exact) mass is 575 g/mol. The number of methoxy groups -OCH3 is 1. The highest BCUT2D eigenvalue weighted by molar-refractivity contribution is 6.04. The quantitative estimate of drug-likeness (QED) is 0.152. The van der Waals surface area contributed by atoms with Gasteiger partial charge in [-0.25, -0.2) is 14.4 Å². The summed E-state index contributed by atoms with van der Waals surface area (Å²) in [6.07, 6.45) is 5.94. The lowest BCUT2D eigenvalue weighted by atomic mass is 9.93. The van der Waals surface area contributed by atoms with Crippen molar-refractivity contribution in [3.05, 3.63) is 29.8 Å². The second-order valence-electron chi connectivity index (χ2n) is 10.4. The maximum atomic E-state index is 13.4. The highest BCUT2D eigenvalue weighted by atomic mass is 16.8. The van der Waals surface area contributed by atoms with Crippen molar-refractivity contribution in [3.8, 4) is 12.3 Å². The summed E-state index contributed by atoms with van der Waals surface area (Å²) in [5, 5.41) is 9.55. The number of rotatable bonds is 14. The first-order valence-corrected chi connectivity index (χ1v) is 13.9. The summed E-state index contributed by atoms with van der Waals surface area (Å²) in [7, 11) is 1.52. The molecule has 0 aliphatic carbocycles. The number of terminal acetylenes is 1. The van der Waals surface area contributed by atoms with E-state index in [1.807, 2.05) is 4.90 Å². The number of hydrogen-bond donors (Lipinski definition) is 1. The lowest BCUT2D eigenvalue weighted by Crippen LogP contribution is -2.54. The molecule has 4 atom stereocenters. The average molecular weight is 576 g/mol. The van der Waals surface area contributed by atoms with Gasteiger partial charge in [-0.05, 0) is 58.2 Å². The molecule has 0 amide bonds. The van der Waals surface area contributed by atoms with E-state index in [1.165, 1.54) is 7.11 Å². The van der Waals surface area contributed by atoms with Gasteiger partial charge >= 0.3 is 17.9 Å². The molecular weight excluding hydrogens is 534 g/mol. The van der Waals surface area contributed by atoms with Crippen molar-refractivity contribution in [2.45, 2.75) is 83.2 Å². The lowest BCUT2D eigenvalue weighted by Gasteiger charge is -2.31. The van der Waals surface area contributed by atoms with Gasteiger partial charge in [0.25, 0.3) is 5.60 Å². The molecule has 11 heteroatoms. The molecule has 2 aliphatic heterocycles. The zero-order valence-corrected chi connectivity index (χ0v) is 24.4. The molecule has 11 nitrogen and oxygen atoms in total. The van der Waals surface area contributed by atoms with Gasteiger partial charge in [0.05, 0.1) is 31.8 Å². The van der Waals surface area contributed by atoms with Crippen molar-refractivity contribution < 1.29 is 47.9 Å². The summed E-state index contributed by atoms with van der Waals surface area (Å²) in [4.78, 5) is 40.2. The molecule has 1 aromatic carbocycles. The molecule has 0 aromatic heterocycles. The van der Waals surface area contributed by atoms with Crippen molar-refractivity contribution >= 4 is 23.6 Å². The number of carboxylic acids is 1. The molecule has 0 bridgehead atoms. The molecule has 1 aromatic rings. The Kier molecular flexibility index (Phi) is 11.2. The van der Waals surface area contributed by atoms with Gasteiger partial charge in [-0.3, -0.25) is 0 Å². The standard InChI is InChI=1S/C30H41NO10/c1-7-21-17-25(41-29(4,5)36-6)40-24(21)19-39-30(27(34)37-8-2,28(35)38-9-3)18-20-12-14-22(15-13-20)31-16-10-11-23(31)26(32)33/h1,12-15,21,23-25H,8-11,16-19H2,2-6H3,(H,32,33)/t21?,23?,24?,25-/m1/s1. The molecule has 2 heterocycles. The molecule has 41 heavy (non-hydrogen) atoms. The van der Waals surface area contributed by atoms with Crippen molar-refractivity contribution in [2.24, 2.45) is 5.92 Å². The Morgan fingerprint density at radius 1 is 1.12 bits per heavy atom. The van der Waals surface area contributed by atoms with Crippen LogP contribution in [0.1, 0.15) is 52.5 Å². The third-order valence-electron chi connectivity index (χ3n) is 7.31. The molecule has 3 rings (SSSR count). The van der Waals surface area contributed by atoms with Gasteiger partial charge in [-0.2, -0.15) is 0 Å². The molecule has 2 fully saturated rings. The zero-order chi connectivity index (χ0) is 30.2. The first-order chi connectivity index (χ1) is 19.5. The maximum Gasteiger partial charge on any atom is 0.350 e. The number of aliphatic carboxylic acids is 1. The van der Waals surface area contributed by atoms with E-state index in [0.29, 0.717) is 24.9 Å². The van der Waals surface area contributed by atoms with Crippen LogP contribution in [-0.2, 0) is 49.2 Å². The van der Waals surface area contributed by atoms with Crippen LogP contribution in [0.5, 0.6) is 0 Å². The van der Waals surface area contributed by atoms with Crippen LogP contribution < -0.4 is 4.90 Å². The van der Waals surface area contributed by atoms with Gasteiger partial charge in [-0.15, -0.1) is 12.3 Å². The topological polar surface area (TPSA) is 130 Å². The third kappa shape index (κ3) is 7.77. The molecule has 1 N–H and O–H groups in total. The van der Waals surface area contributed by atoms with Crippen LogP contribution >= 0.6 is 0 Å². The van der Waals surface area contributed by atoms with Crippen LogP contribution in [0.4, 0.5) is 5.69 Å². The van der Waals surface area contributed by atoms with Gasteiger partial charge in [-0.1, -0.05) is 12.1 Å². The third-order valence-corrected chi connectivity index (χ3v) is 7.31. The Balaban J connectivity index is 1.86. The number of benzene rings is 1. The van der Waals surface area contributed by atoms with Crippen LogP contribution in [0.2, 0.25) is 0 Å². The van der Waals surface area contributed by atoms with Crippen LogP contribution in [0.15, 0.2) is 24.3 Å². The predicted octanol–water partition coefficient (Wildman–Crippen LogP) is 2.93. The summed E-state index contributed by atoms with van der Waals surface area (Å²) >= 11 is 0. The number of carbonyl (C=O) groups is 3. The maximum absolute atomic E-state index is 13.4. The minimum atomic E-state index is -2.13. The van der Waals surface area contributed by atoms with Gasteiger partial charge in [0, 0.05) is 32.2 Å². The summed E-state index contributed by atoms with van der Waals surface area (Å²) in [5.74, 6) is -1.29. The first kappa shape index (κ1) is 32.3. The van der Waals surface area contributed by atoms with Gasteiger partial charge in [0.1, 0.15) is 6.04 Å². The number of esters is 2. The second kappa shape index (κ2) is 14.1. The minimum Gasteiger partial charge on any atom is -0.480 e. The Bertz CT molecular complexity index is 1080. The molecule has 2 saturated heterocycles. The number of carboxylic acid groups (broad SMARTS) is 1. The van der Waals surface area contributed by atoms with E-state index in [1.54, 1.807) is 52.0 Å². The highest BCUT2D eigenvalue weighted by Gasteiger charge is 2.52. The largest absolute Gasteiger partial charge is 0.480 e. The van der Waals surface area contributed by atoms with Crippen molar-refractivity contribution in [2.75, 3.05) is 38.4 Å². The molecule has 0 spiro atoms. The fourth-order valence-electron chi connectivity index (χ4n) is 5.02. The van der Waals surface area contributed by atoms with Crippen LogP contribution in [-0.4, -0.2) is 86.3 Å². The molecule has 226 valence electrons. The molecule has 0 saturated carbocycles. The summed E-state index contributed by atoms with van der Waals surface area (Å²) < 4.78 is 33.9. The fraction of sp³-hybridized carbons (Fsp3) is 0.633. The number of carbonyl (C=O) groups excluding carboxylic acids is 2. The van der Waals surface area contributed by atoms with E-state index in [2.05, 4.69) is 5.92 Å². The van der Waals surface area contributed by atoms with E-state index >= 15 is 0 Å². The summed E-state index contributed by atoms with van der Waals surface area (Å²) in [6.45, 7) is 7.20. The van der Waals surface area contributed by atoms with Gasteiger partial charge < -0.3 is 38.4 Å². The van der Waals surface area contributed by atoms with Crippen LogP contribution in [0, 0.1) is 18.3 Å². The fourth-order valence-corrected chi connectivity index (χ4v) is 5.02. The number of hydrogen-bond acceptors (Lipinski definition) is 10. The smallest absolute Gasteiger partial charge is 0.350 e.